The number of hydrogen-bond acceptors (Lipinski definition) is 4. The first-order valence-electron chi connectivity index (χ1n) is 7.30. The molecule has 2 aromatic rings. The van der Waals surface area contributed by atoms with Gasteiger partial charge in [-0.2, -0.15) is 0 Å². The molecule has 1 aromatic heterocycles. The summed E-state index contributed by atoms with van der Waals surface area (Å²) in [6.07, 6.45) is 1.58. The Morgan fingerprint density at radius 3 is 2.74 bits per heavy atom. The number of nitrogens with zero attached hydrogens (tertiary/aromatic N) is 1. The van der Waals surface area contributed by atoms with Crippen LogP contribution in [0.4, 0.5) is 0 Å². The predicted molar refractivity (Wildman–Crippen MR) is 88.4 cm³/mol. The van der Waals surface area contributed by atoms with Gasteiger partial charge in [0.25, 0.3) is 5.91 Å². The molecule has 0 radical (unpaired) electrons. The highest BCUT2D eigenvalue weighted by molar-refractivity contribution is 6.32. The zero-order valence-corrected chi connectivity index (χ0v) is 14.4. The fourth-order valence-corrected chi connectivity index (χ4v) is 2.49. The molecule has 6 heteroatoms. The van der Waals surface area contributed by atoms with Crippen molar-refractivity contribution in [1.82, 2.24) is 4.90 Å². The van der Waals surface area contributed by atoms with Crippen molar-refractivity contribution in [1.29, 1.82) is 0 Å². The van der Waals surface area contributed by atoms with Crippen molar-refractivity contribution < 1.29 is 18.7 Å². The maximum atomic E-state index is 12.7. The molecular weight excluding hydrogens is 318 g/mol. The molecule has 1 heterocycles. The number of amides is 1. The van der Waals surface area contributed by atoms with E-state index >= 15 is 0 Å². The topological polar surface area (TPSA) is 51.9 Å². The summed E-state index contributed by atoms with van der Waals surface area (Å²) >= 11 is 6.23. The lowest BCUT2D eigenvalue weighted by Gasteiger charge is -2.24. The summed E-state index contributed by atoms with van der Waals surface area (Å²) in [4.78, 5) is 14.3. The molecule has 0 aliphatic carbocycles. The summed E-state index contributed by atoms with van der Waals surface area (Å²) in [6, 6.07) is 6.64. The van der Waals surface area contributed by atoms with Crippen LogP contribution >= 0.6 is 11.6 Å². The normalized spacial score (nSPS) is 11.9. The zero-order valence-electron chi connectivity index (χ0n) is 13.6. The van der Waals surface area contributed by atoms with Crippen molar-refractivity contribution in [3.8, 4) is 11.5 Å². The molecule has 0 spiro atoms. The number of rotatable bonds is 6. The Labute approximate surface area is 140 Å². The molecule has 1 atom stereocenters. The predicted octanol–water partition coefficient (Wildman–Crippen LogP) is 4.17. The van der Waals surface area contributed by atoms with Gasteiger partial charge in [-0.25, -0.2) is 0 Å². The average Bonchev–Trinajstić information content (AvgIpc) is 3.08. The highest BCUT2D eigenvalue weighted by Gasteiger charge is 2.23. The van der Waals surface area contributed by atoms with Gasteiger partial charge in [0.05, 0.1) is 31.0 Å². The van der Waals surface area contributed by atoms with Crippen molar-refractivity contribution in [2.45, 2.75) is 19.9 Å². The van der Waals surface area contributed by atoms with E-state index < -0.39 is 0 Å². The minimum absolute atomic E-state index is 0.183. The molecule has 2 rings (SSSR count). The van der Waals surface area contributed by atoms with E-state index in [1.807, 2.05) is 19.9 Å². The Kier molecular flexibility index (Phi) is 5.55. The molecule has 23 heavy (non-hydrogen) atoms. The van der Waals surface area contributed by atoms with Crippen molar-refractivity contribution >= 4 is 17.5 Å². The summed E-state index contributed by atoms with van der Waals surface area (Å²) in [5, 5.41) is 0.341. The van der Waals surface area contributed by atoms with Crippen LogP contribution < -0.4 is 9.47 Å². The van der Waals surface area contributed by atoms with Gasteiger partial charge in [-0.1, -0.05) is 11.6 Å². The molecule has 1 aromatic carbocycles. The molecule has 5 nitrogen and oxygen atoms in total. The van der Waals surface area contributed by atoms with Crippen LogP contribution in [0.2, 0.25) is 5.02 Å². The quantitative estimate of drug-likeness (QED) is 0.793. The van der Waals surface area contributed by atoms with Crippen LogP contribution in [0.15, 0.2) is 34.9 Å². The number of carbonyl (C=O) groups is 1. The first-order valence-corrected chi connectivity index (χ1v) is 7.68. The van der Waals surface area contributed by atoms with E-state index in [9.17, 15) is 4.79 Å². The van der Waals surface area contributed by atoms with Crippen molar-refractivity contribution in [3.63, 3.8) is 0 Å². The van der Waals surface area contributed by atoms with Gasteiger partial charge < -0.3 is 18.8 Å². The molecule has 0 aliphatic heterocycles. The van der Waals surface area contributed by atoms with E-state index in [0.29, 0.717) is 34.5 Å². The monoisotopic (exact) mass is 337 g/mol. The summed E-state index contributed by atoms with van der Waals surface area (Å²) < 4.78 is 16.1. The second kappa shape index (κ2) is 7.42. The molecule has 0 bridgehead atoms. The maximum absolute atomic E-state index is 12.7. The zero-order chi connectivity index (χ0) is 17.0. The van der Waals surface area contributed by atoms with Gasteiger partial charge in [0.15, 0.2) is 11.5 Å². The summed E-state index contributed by atoms with van der Waals surface area (Å²) in [7, 11) is 3.23. The highest BCUT2D eigenvalue weighted by Crippen LogP contribution is 2.37. The van der Waals surface area contributed by atoms with Crippen LogP contribution in [0.25, 0.3) is 0 Å². The Hall–Kier alpha value is -2.14. The minimum Gasteiger partial charge on any atom is -0.493 e. The van der Waals surface area contributed by atoms with Gasteiger partial charge in [-0.15, -0.1) is 0 Å². The molecule has 0 saturated carbocycles. The van der Waals surface area contributed by atoms with Gasteiger partial charge in [0.2, 0.25) is 0 Å². The molecule has 124 valence electrons. The van der Waals surface area contributed by atoms with Crippen molar-refractivity contribution in [2.75, 3.05) is 20.8 Å². The lowest BCUT2D eigenvalue weighted by Crippen LogP contribution is -2.29. The Bertz CT molecular complexity index is 669. The third kappa shape index (κ3) is 3.62. The first kappa shape index (κ1) is 17.2. The maximum Gasteiger partial charge on any atom is 0.254 e. The Morgan fingerprint density at radius 1 is 1.43 bits per heavy atom. The molecule has 0 fully saturated rings. The van der Waals surface area contributed by atoms with Gasteiger partial charge >= 0.3 is 0 Å². The summed E-state index contributed by atoms with van der Waals surface area (Å²) in [5.41, 5.74) is 0.427. The number of ether oxygens (including phenoxy) is 2. The van der Waals surface area contributed by atoms with Gasteiger partial charge in [0.1, 0.15) is 5.76 Å². The molecular formula is C17H20ClNO4. The van der Waals surface area contributed by atoms with E-state index in [1.165, 1.54) is 7.11 Å². The van der Waals surface area contributed by atoms with Crippen LogP contribution in [-0.2, 0) is 0 Å². The number of hydrogen-bond donors (Lipinski definition) is 0. The van der Waals surface area contributed by atoms with Gasteiger partial charge in [0, 0.05) is 12.6 Å². The SMILES string of the molecule is CCOc1c(Cl)cc(C(=O)N(C)C(C)c2ccco2)cc1OC. The minimum atomic E-state index is -0.200. The molecule has 0 saturated heterocycles. The standard InChI is InChI=1S/C17H20ClNO4/c1-5-22-16-13(18)9-12(10-15(16)21-4)17(20)19(3)11(2)14-7-6-8-23-14/h6-11H,5H2,1-4H3. The van der Waals surface area contributed by atoms with Crippen LogP contribution in [-0.4, -0.2) is 31.6 Å². The number of halogens is 1. The smallest absolute Gasteiger partial charge is 0.254 e. The highest BCUT2D eigenvalue weighted by atomic mass is 35.5. The van der Waals surface area contributed by atoms with Crippen LogP contribution in [0.3, 0.4) is 0 Å². The Balaban J connectivity index is 2.30. The van der Waals surface area contributed by atoms with Crippen molar-refractivity contribution in [2.24, 2.45) is 0 Å². The van der Waals surface area contributed by atoms with Gasteiger partial charge in [-0.05, 0) is 38.1 Å². The van der Waals surface area contributed by atoms with E-state index in [1.54, 1.807) is 36.4 Å². The van der Waals surface area contributed by atoms with Gasteiger partial charge in [-0.3, -0.25) is 4.79 Å². The molecule has 0 aliphatic rings. The number of benzene rings is 1. The molecule has 0 N–H and O–H groups in total. The Morgan fingerprint density at radius 2 is 2.17 bits per heavy atom. The van der Waals surface area contributed by atoms with E-state index in [2.05, 4.69) is 0 Å². The van der Waals surface area contributed by atoms with Crippen LogP contribution in [0, 0.1) is 0 Å². The fourth-order valence-electron chi connectivity index (χ4n) is 2.23. The van der Waals surface area contributed by atoms with Crippen LogP contribution in [0.5, 0.6) is 11.5 Å². The average molecular weight is 338 g/mol. The van der Waals surface area contributed by atoms with E-state index in [0.717, 1.165) is 0 Å². The first-order chi connectivity index (χ1) is 11.0. The number of carbonyl (C=O) groups excluding carboxylic acids is 1. The largest absolute Gasteiger partial charge is 0.493 e. The second-order valence-electron chi connectivity index (χ2n) is 5.03. The number of furan rings is 1. The van der Waals surface area contributed by atoms with Crippen LogP contribution in [0.1, 0.15) is 36.0 Å². The van der Waals surface area contributed by atoms with Crippen molar-refractivity contribution in [3.05, 3.63) is 46.9 Å². The second-order valence-corrected chi connectivity index (χ2v) is 5.44. The fraction of sp³-hybridized carbons (Fsp3) is 0.353. The van der Waals surface area contributed by atoms with E-state index in [-0.39, 0.29) is 11.9 Å². The van der Waals surface area contributed by atoms with E-state index in [4.69, 9.17) is 25.5 Å². The lowest BCUT2D eigenvalue weighted by molar-refractivity contribution is 0.0726. The number of methoxy groups -OCH3 is 1. The third-order valence-electron chi connectivity index (χ3n) is 3.62. The molecule has 1 unspecified atom stereocenters. The lowest BCUT2D eigenvalue weighted by atomic mass is 10.1. The molecule has 1 amide bonds. The summed E-state index contributed by atoms with van der Waals surface area (Å²) in [5.74, 6) is 1.40. The third-order valence-corrected chi connectivity index (χ3v) is 3.90. The summed E-state index contributed by atoms with van der Waals surface area (Å²) in [6.45, 7) is 4.20.